The quantitative estimate of drug-likeness (QED) is 0.840. The van der Waals surface area contributed by atoms with Gasteiger partial charge in [-0.1, -0.05) is 42.5 Å². The first kappa shape index (κ1) is 19.8. The average Bonchev–Trinajstić information content (AvgIpc) is 2.50. The van der Waals surface area contributed by atoms with Gasteiger partial charge < -0.3 is 5.32 Å². The van der Waals surface area contributed by atoms with E-state index in [1.165, 1.54) is 42.7 Å². The maximum Gasteiger partial charge on any atom is 0.0344 e. The number of rotatable bonds is 4. The van der Waals surface area contributed by atoms with E-state index in [0.717, 1.165) is 6.54 Å². The van der Waals surface area contributed by atoms with Gasteiger partial charge in [0.15, 0.2) is 0 Å². The van der Waals surface area contributed by atoms with Crippen LogP contribution < -0.4 is 5.32 Å². The molecule has 0 unspecified atom stereocenters. The van der Waals surface area contributed by atoms with E-state index >= 15 is 0 Å². The van der Waals surface area contributed by atoms with Crippen LogP contribution in [0, 0.1) is 6.92 Å². The summed E-state index contributed by atoms with van der Waals surface area (Å²) in [7, 11) is 0. The van der Waals surface area contributed by atoms with Crippen molar-refractivity contribution in [1.29, 1.82) is 0 Å². The summed E-state index contributed by atoms with van der Waals surface area (Å²) in [5.41, 5.74) is 4.00. The van der Waals surface area contributed by atoms with E-state index in [-0.39, 0.29) is 24.8 Å². The highest BCUT2D eigenvalue weighted by atomic mass is 35.5. The van der Waals surface area contributed by atoms with Crippen LogP contribution in [0.5, 0.6) is 0 Å². The molecule has 0 radical (unpaired) electrons. The number of likely N-dealkylation sites (tertiary alicyclic amines) is 1. The van der Waals surface area contributed by atoms with Crippen molar-refractivity contribution in [3.05, 3.63) is 65.7 Å². The van der Waals surface area contributed by atoms with Gasteiger partial charge in [0.05, 0.1) is 0 Å². The number of hydrogen-bond acceptors (Lipinski definition) is 2. The maximum atomic E-state index is 3.68. The summed E-state index contributed by atoms with van der Waals surface area (Å²) >= 11 is 0. The fourth-order valence-corrected chi connectivity index (χ4v) is 3.05. The van der Waals surface area contributed by atoms with Crippen LogP contribution in [-0.4, -0.2) is 24.0 Å². The fourth-order valence-electron chi connectivity index (χ4n) is 3.05. The standard InChI is InChI=1S/C19H24N2.2ClH/c1-16-6-5-9-19(14-16)20-18-10-12-21(13-11-18)15-17-7-3-2-4-8-17;;/h2-9,14,18,20H,10-13,15H2,1H3;2*1H. The molecule has 0 amide bonds. The lowest BCUT2D eigenvalue weighted by Gasteiger charge is -2.33. The van der Waals surface area contributed by atoms with Crippen LogP contribution in [0.1, 0.15) is 24.0 Å². The van der Waals surface area contributed by atoms with E-state index < -0.39 is 0 Å². The third-order valence-corrected chi connectivity index (χ3v) is 4.23. The van der Waals surface area contributed by atoms with E-state index in [2.05, 4.69) is 71.7 Å². The first-order chi connectivity index (χ1) is 10.3. The highest BCUT2D eigenvalue weighted by molar-refractivity contribution is 5.85. The lowest BCUT2D eigenvalue weighted by Crippen LogP contribution is -2.38. The molecule has 0 bridgehead atoms. The predicted molar refractivity (Wildman–Crippen MR) is 104 cm³/mol. The topological polar surface area (TPSA) is 15.3 Å². The van der Waals surface area contributed by atoms with Gasteiger partial charge >= 0.3 is 0 Å². The predicted octanol–water partition coefficient (Wildman–Crippen LogP) is 4.92. The van der Waals surface area contributed by atoms with Crippen LogP contribution in [0.2, 0.25) is 0 Å². The zero-order chi connectivity index (χ0) is 14.5. The van der Waals surface area contributed by atoms with Crippen LogP contribution in [0.3, 0.4) is 0 Å². The average molecular weight is 353 g/mol. The van der Waals surface area contributed by atoms with Crippen LogP contribution >= 0.6 is 24.8 Å². The number of hydrogen-bond donors (Lipinski definition) is 1. The number of aryl methyl sites for hydroxylation is 1. The minimum absolute atomic E-state index is 0. The summed E-state index contributed by atoms with van der Waals surface area (Å²) in [5, 5.41) is 3.68. The maximum absolute atomic E-state index is 3.68. The molecular weight excluding hydrogens is 327 g/mol. The lowest BCUT2D eigenvalue weighted by atomic mass is 10.0. The van der Waals surface area contributed by atoms with E-state index in [1.54, 1.807) is 0 Å². The Kier molecular flexibility index (Phi) is 8.46. The Hall–Kier alpha value is -1.22. The second-order valence-corrected chi connectivity index (χ2v) is 6.05. The molecule has 23 heavy (non-hydrogen) atoms. The van der Waals surface area contributed by atoms with E-state index in [4.69, 9.17) is 0 Å². The van der Waals surface area contributed by atoms with Crippen molar-refractivity contribution in [1.82, 2.24) is 4.90 Å². The molecule has 1 aliphatic heterocycles. The fraction of sp³-hybridized carbons (Fsp3) is 0.368. The van der Waals surface area contributed by atoms with E-state index in [9.17, 15) is 0 Å². The number of piperidine rings is 1. The minimum atomic E-state index is 0. The molecule has 1 saturated heterocycles. The Bertz CT molecular complexity index is 567. The van der Waals surface area contributed by atoms with Gasteiger partial charge in [0.2, 0.25) is 0 Å². The molecule has 2 aromatic rings. The molecule has 1 aliphatic rings. The van der Waals surface area contributed by atoms with Crippen molar-refractivity contribution >= 4 is 30.5 Å². The molecule has 2 nitrogen and oxygen atoms in total. The minimum Gasteiger partial charge on any atom is -0.382 e. The Labute approximate surface area is 152 Å². The Morgan fingerprint density at radius 2 is 1.65 bits per heavy atom. The molecule has 4 heteroatoms. The summed E-state index contributed by atoms with van der Waals surface area (Å²) in [6.07, 6.45) is 2.45. The molecule has 1 fully saturated rings. The second kappa shape index (κ2) is 9.82. The van der Waals surface area contributed by atoms with Crippen LogP contribution in [-0.2, 0) is 6.54 Å². The summed E-state index contributed by atoms with van der Waals surface area (Å²) in [4.78, 5) is 2.56. The van der Waals surface area contributed by atoms with Crippen LogP contribution in [0.15, 0.2) is 54.6 Å². The van der Waals surface area contributed by atoms with Gasteiger partial charge in [-0.25, -0.2) is 0 Å². The molecule has 0 aromatic heterocycles. The van der Waals surface area contributed by atoms with Crippen molar-refractivity contribution in [2.75, 3.05) is 18.4 Å². The van der Waals surface area contributed by atoms with Gasteiger partial charge in [-0.05, 0) is 43.0 Å². The zero-order valence-electron chi connectivity index (χ0n) is 13.6. The van der Waals surface area contributed by atoms with E-state index in [1.807, 2.05) is 0 Å². The Morgan fingerprint density at radius 3 is 2.30 bits per heavy atom. The first-order valence-electron chi connectivity index (χ1n) is 7.89. The van der Waals surface area contributed by atoms with Crippen molar-refractivity contribution in [2.45, 2.75) is 32.4 Å². The number of nitrogens with zero attached hydrogens (tertiary/aromatic N) is 1. The SMILES string of the molecule is Cc1cccc(NC2CCN(Cc3ccccc3)CC2)c1.Cl.Cl. The molecular formula is C19H26Cl2N2. The zero-order valence-corrected chi connectivity index (χ0v) is 15.2. The number of benzene rings is 2. The monoisotopic (exact) mass is 352 g/mol. The van der Waals surface area contributed by atoms with E-state index in [0.29, 0.717) is 6.04 Å². The summed E-state index contributed by atoms with van der Waals surface area (Å²) in [5.74, 6) is 0. The summed E-state index contributed by atoms with van der Waals surface area (Å²) in [6.45, 7) is 5.59. The van der Waals surface area contributed by atoms with Gasteiger partial charge in [-0.3, -0.25) is 4.90 Å². The van der Waals surface area contributed by atoms with Gasteiger partial charge in [0.1, 0.15) is 0 Å². The van der Waals surface area contributed by atoms with Gasteiger partial charge in [-0.2, -0.15) is 0 Å². The Morgan fingerprint density at radius 1 is 0.957 bits per heavy atom. The molecule has 2 aromatic carbocycles. The van der Waals surface area contributed by atoms with Crippen LogP contribution in [0.25, 0.3) is 0 Å². The molecule has 0 spiro atoms. The van der Waals surface area contributed by atoms with Crippen molar-refractivity contribution in [3.8, 4) is 0 Å². The highest BCUT2D eigenvalue weighted by Crippen LogP contribution is 2.18. The number of halogens is 2. The Balaban J connectivity index is 0.00000132. The molecule has 1 heterocycles. The van der Waals surface area contributed by atoms with Crippen molar-refractivity contribution < 1.29 is 0 Å². The van der Waals surface area contributed by atoms with Gasteiger partial charge in [-0.15, -0.1) is 24.8 Å². The van der Waals surface area contributed by atoms with Crippen molar-refractivity contribution in [3.63, 3.8) is 0 Å². The van der Waals surface area contributed by atoms with Crippen LogP contribution in [0.4, 0.5) is 5.69 Å². The second-order valence-electron chi connectivity index (χ2n) is 6.05. The third kappa shape index (κ3) is 6.06. The third-order valence-electron chi connectivity index (χ3n) is 4.23. The smallest absolute Gasteiger partial charge is 0.0344 e. The number of anilines is 1. The molecule has 0 saturated carbocycles. The summed E-state index contributed by atoms with van der Waals surface area (Å²) in [6, 6.07) is 20.1. The molecule has 0 atom stereocenters. The van der Waals surface area contributed by atoms with Crippen molar-refractivity contribution in [2.24, 2.45) is 0 Å². The number of nitrogens with one attached hydrogen (secondary N) is 1. The van der Waals surface area contributed by atoms with Gasteiger partial charge in [0.25, 0.3) is 0 Å². The highest BCUT2D eigenvalue weighted by Gasteiger charge is 2.18. The molecule has 126 valence electrons. The normalized spacial score (nSPS) is 15.3. The first-order valence-corrected chi connectivity index (χ1v) is 7.89. The summed E-state index contributed by atoms with van der Waals surface area (Å²) < 4.78 is 0. The molecule has 1 N–H and O–H groups in total. The molecule has 0 aliphatic carbocycles. The largest absolute Gasteiger partial charge is 0.382 e. The molecule has 3 rings (SSSR count). The lowest BCUT2D eigenvalue weighted by molar-refractivity contribution is 0.211. The van der Waals surface area contributed by atoms with Gasteiger partial charge in [0, 0.05) is 31.4 Å².